The molecule has 0 radical (unpaired) electrons. The molecule has 0 aromatic heterocycles. The van der Waals surface area contributed by atoms with Gasteiger partial charge in [0.25, 0.3) is 0 Å². The number of rotatable bonds is 4. The van der Waals surface area contributed by atoms with Crippen LogP contribution in [-0.4, -0.2) is 11.8 Å². The maximum Gasteiger partial charge on any atom is 0.137 e. The summed E-state index contributed by atoms with van der Waals surface area (Å²) in [5.74, 6) is 0.665. The van der Waals surface area contributed by atoms with Crippen molar-refractivity contribution in [3.63, 3.8) is 0 Å². The van der Waals surface area contributed by atoms with E-state index in [1.54, 1.807) is 6.07 Å². The molecule has 0 aliphatic heterocycles. The van der Waals surface area contributed by atoms with E-state index in [-0.39, 0.29) is 11.2 Å². The maximum absolute atomic E-state index is 13.2. The molecule has 0 bridgehead atoms. The summed E-state index contributed by atoms with van der Waals surface area (Å²) in [4.78, 5) is 0. The summed E-state index contributed by atoms with van der Waals surface area (Å²) in [6, 6.07) is 5.00. The molecule has 0 aliphatic rings. The molecule has 0 heterocycles. The molecule has 0 N–H and O–H groups in total. The molecule has 1 aromatic carbocycles. The molecule has 4 heteroatoms. The van der Waals surface area contributed by atoms with E-state index >= 15 is 0 Å². The lowest BCUT2D eigenvalue weighted by molar-refractivity contribution is 0.423. The van der Waals surface area contributed by atoms with Gasteiger partial charge in [-0.2, -0.15) is 0 Å². The van der Waals surface area contributed by atoms with Gasteiger partial charge >= 0.3 is 0 Å². The Morgan fingerprint density at radius 1 is 1.33 bits per heavy atom. The van der Waals surface area contributed by atoms with Crippen molar-refractivity contribution >= 4 is 39.1 Å². The van der Waals surface area contributed by atoms with Crippen LogP contribution >= 0.6 is 39.1 Å². The molecule has 0 amide bonds. The van der Waals surface area contributed by atoms with Crippen molar-refractivity contribution in [3.05, 3.63) is 34.1 Å². The zero-order chi connectivity index (χ0) is 11.5. The highest BCUT2D eigenvalue weighted by Gasteiger charge is 2.24. The van der Waals surface area contributed by atoms with Crippen LogP contribution in [0.25, 0.3) is 0 Å². The van der Waals surface area contributed by atoms with Crippen molar-refractivity contribution in [2.45, 2.75) is 13.3 Å². The first kappa shape index (κ1) is 13.3. The monoisotopic (exact) mass is 312 g/mol. The van der Waals surface area contributed by atoms with Crippen molar-refractivity contribution in [1.29, 1.82) is 0 Å². The van der Waals surface area contributed by atoms with Gasteiger partial charge in [0.1, 0.15) is 5.82 Å². The van der Waals surface area contributed by atoms with Crippen LogP contribution in [0.2, 0.25) is 0 Å². The minimum atomic E-state index is -0.251. The highest BCUT2D eigenvalue weighted by atomic mass is 79.9. The standard InChI is InChI=1S/C11H12BrCl2F/c1-11(6-13,7-14)5-8-3-2-4-9(15)10(8)12/h2-4H,5-7H2,1H3. The van der Waals surface area contributed by atoms with E-state index in [9.17, 15) is 4.39 Å². The average Bonchev–Trinajstić information content (AvgIpc) is 2.25. The van der Waals surface area contributed by atoms with Crippen LogP contribution in [0.4, 0.5) is 4.39 Å². The Morgan fingerprint density at radius 3 is 2.47 bits per heavy atom. The highest BCUT2D eigenvalue weighted by Crippen LogP contribution is 2.30. The van der Waals surface area contributed by atoms with E-state index in [1.807, 2.05) is 13.0 Å². The van der Waals surface area contributed by atoms with Crippen LogP contribution in [0.3, 0.4) is 0 Å². The van der Waals surface area contributed by atoms with Crippen LogP contribution in [0.1, 0.15) is 12.5 Å². The molecule has 0 nitrogen and oxygen atoms in total. The fourth-order valence-electron chi connectivity index (χ4n) is 1.27. The number of hydrogen-bond donors (Lipinski definition) is 0. The van der Waals surface area contributed by atoms with E-state index in [1.165, 1.54) is 6.07 Å². The number of benzene rings is 1. The third-order valence-electron chi connectivity index (χ3n) is 2.29. The van der Waals surface area contributed by atoms with Gasteiger partial charge in [0.15, 0.2) is 0 Å². The first-order valence-electron chi connectivity index (χ1n) is 4.57. The normalized spacial score (nSPS) is 11.8. The second-order valence-electron chi connectivity index (χ2n) is 3.97. The highest BCUT2D eigenvalue weighted by molar-refractivity contribution is 9.10. The van der Waals surface area contributed by atoms with E-state index in [2.05, 4.69) is 15.9 Å². The summed E-state index contributed by atoms with van der Waals surface area (Å²) in [5, 5.41) is 0. The van der Waals surface area contributed by atoms with Gasteiger partial charge in [-0.25, -0.2) is 4.39 Å². The predicted molar refractivity (Wildman–Crippen MR) is 67.4 cm³/mol. The van der Waals surface area contributed by atoms with E-state index in [0.29, 0.717) is 22.7 Å². The van der Waals surface area contributed by atoms with Crippen LogP contribution in [0, 0.1) is 11.2 Å². The molecule has 0 unspecified atom stereocenters. The first-order valence-corrected chi connectivity index (χ1v) is 6.43. The Bertz CT molecular complexity index is 337. The van der Waals surface area contributed by atoms with Crippen LogP contribution in [-0.2, 0) is 6.42 Å². The summed E-state index contributed by atoms with van der Waals surface area (Å²) >= 11 is 14.9. The zero-order valence-electron chi connectivity index (χ0n) is 8.37. The molecule has 15 heavy (non-hydrogen) atoms. The molecular weight excluding hydrogens is 302 g/mol. The number of hydrogen-bond acceptors (Lipinski definition) is 0. The van der Waals surface area contributed by atoms with Crippen molar-refractivity contribution < 1.29 is 4.39 Å². The van der Waals surface area contributed by atoms with Crippen LogP contribution < -0.4 is 0 Å². The van der Waals surface area contributed by atoms with Gasteiger partial charge in [-0.1, -0.05) is 19.1 Å². The summed E-state index contributed by atoms with van der Waals surface area (Å²) in [6.07, 6.45) is 0.665. The van der Waals surface area contributed by atoms with Gasteiger partial charge in [0, 0.05) is 11.8 Å². The quantitative estimate of drug-likeness (QED) is 0.712. The SMILES string of the molecule is CC(CCl)(CCl)Cc1cccc(F)c1Br. The smallest absolute Gasteiger partial charge is 0.137 e. The first-order chi connectivity index (χ1) is 7.02. The number of halogens is 4. The van der Waals surface area contributed by atoms with Gasteiger partial charge in [-0.3, -0.25) is 0 Å². The second-order valence-corrected chi connectivity index (χ2v) is 5.30. The predicted octanol–water partition coefficient (Wildman–Crippen LogP) is 4.61. The lowest BCUT2D eigenvalue weighted by atomic mass is 9.87. The van der Waals surface area contributed by atoms with Crippen molar-refractivity contribution in [2.24, 2.45) is 5.41 Å². The topological polar surface area (TPSA) is 0 Å². The Balaban J connectivity index is 2.94. The van der Waals surface area contributed by atoms with Crippen LogP contribution in [0.5, 0.6) is 0 Å². The molecule has 0 saturated carbocycles. The summed E-state index contributed by atoms with van der Waals surface area (Å²) < 4.78 is 13.8. The molecule has 1 rings (SSSR count). The summed E-state index contributed by atoms with van der Waals surface area (Å²) in [6.45, 7) is 1.99. The lowest BCUT2D eigenvalue weighted by Gasteiger charge is -2.24. The van der Waals surface area contributed by atoms with E-state index < -0.39 is 0 Å². The average molecular weight is 314 g/mol. The maximum atomic E-state index is 13.2. The Hall–Kier alpha value is 0.210. The number of alkyl halides is 2. The fraction of sp³-hybridized carbons (Fsp3) is 0.455. The molecule has 0 aliphatic carbocycles. The minimum Gasteiger partial charge on any atom is -0.206 e. The van der Waals surface area contributed by atoms with Crippen molar-refractivity contribution in [2.75, 3.05) is 11.8 Å². The summed E-state index contributed by atoms with van der Waals surface area (Å²) in [7, 11) is 0. The molecular formula is C11H12BrCl2F. The van der Waals surface area contributed by atoms with Gasteiger partial charge in [0.2, 0.25) is 0 Å². The minimum absolute atomic E-state index is 0.195. The Labute approximate surface area is 108 Å². The Kier molecular flexibility index (Phi) is 4.88. The van der Waals surface area contributed by atoms with Crippen molar-refractivity contribution in [3.8, 4) is 0 Å². The van der Waals surface area contributed by atoms with Gasteiger partial charge in [0.05, 0.1) is 4.47 Å². The Morgan fingerprint density at radius 2 is 1.93 bits per heavy atom. The molecule has 1 aromatic rings. The molecule has 0 fully saturated rings. The van der Waals surface area contributed by atoms with Gasteiger partial charge in [-0.15, -0.1) is 23.2 Å². The van der Waals surface area contributed by atoms with Crippen molar-refractivity contribution in [1.82, 2.24) is 0 Å². The third kappa shape index (κ3) is 3.33. The molecule has 0 atom stereocenters. The molecule has 84 valence electrons. The zero-order valence-corrected chi connectivity index (χ0v) is 11.5. The molecule has 0 saturated heterocycles. The van der Waals surface area contributed by atoms with Crippen LogP contribution in [0.15, 0.2) is 22.7 Å². The second kappa shape index (κ2) is 5.51. The molecule has 0 spiro atoms. The third-order valence-corrected chi connectivity index (χ3v) is 4.47. The van der Waals surface area contributed by atoms with Gasteiger partial charge in [-0.05, 0) is 39.4 Å². The fourth-order valence-corrected chi connectivity index (χ4v) is 2.15. The largest absolute Gasteiger partial charge is 0.206 e. The lowest BCUT2D eigenvalue weighted by Crippen LogP contribution is -2.24. The van der Waals surface area contributed by atoms with Gasteiger partial charge < -0.3 is 0 Å². The van der Waals surface area contributed by atoms with E-state index in [4.69, 9.17) is 23.2 Å². The summed E-state index contributed by atoms with van der Waals surface area (Å²) in [5.41, 5.74) is 0.707. The van der Waals surface area contributed by atoms with E-state index in [0.717, 1.165) is 5.56 Å².